The van der Waals surface area contributed by atoms with Crippen LogP contribution in [-0.4, -0.2) is 34.8 Å². The van der Waals surface area contributed by atoms with Crippen molar-refractivity contribution < 1.29 is 9.59 Å². The predicted octanol–water partition coefficient (Wildman–Crippen LogP) is 3.48. The number of carbonyl (C=O) groups excluding carboxylic acids is 2. The van der Waals surface area contributed by atoms with Crippen molar-refractivity contribution in [1.29, 1.82) is 0 Å². The Morgan fingerprint density at radius 3 is 2.16 bits per heavy atom. The van der Waals surface area contributed by atoms with E-state index in [9.17, 15) is 9.59 Å². The molecule has 0 saturated carbocycles. The highest BCUT2D eigenvalue weighted by Crippen LogP contribution is 2.23. The molecule has 1 aliphatic rings. The van der Waals surface area contributed by atoms with Gasteiger partial charge >= 0.3 is 0 Å². The van der Waals surface area contributed by atoms with Crippen LogP contribution >= 0.6 is 0 Å². The average molecular weight is 336 g/mol. The molecule has 1 heterocycles. The third-order valence-corrected chi connectivity index (χ3v) is 4.52. The van der Waals surface area contributed by atoms with E-state index in [1.54, 1.807) is 0 Å². The highest BCUT2D eigenvalue weighted by molar-refractivity contribution is 5.95. The molecule has 0 spiro atoms. The third-order valence-electron chi connectivity index (χ3n) is 4.52. The Morgan fingerprint density at radius 1 is 1.00 bits per heavy atom. The normalized spacial score (nSPS) is 17.6. The van der Waals surface area contributed by atoms with Gasteiger partial charge in [-0.05, 0) is 44.0 Å². The van der Waals surface area contributed by atoms with Gasteiger partial charge in [-0.25, -0.2) is 0 Å². The minimum Gasteiger partial charge on any atom is -0.347 e. The van der Waals surface area contributed by atoms with E-state index in [4.69, 9.17) is 0 Å². The van der Waals surface area contributed by atoms with E-state index in [-0.39, 0.29) is 23.4 Å². The first kappa shape index (κ1) is 17.2. The van der Waals surface area contributed by atoms with Crippen molar-refractivity contribution in [2.75, 3.05) is 6.54 Å². The lowest BCUT2D eigenvalue weighted by Gasteiger charge is -2.32. The number of nitrogens with one attached hydrogen (secondary N) is 1. The van der Waals surface area contributed by atoms with E-state index < -0.39 is 0 Å². The summed E-state index contributed by atoms with van der Waals surface area (Å²) >= 11 is 0. The molecular weight excluding hydrogens is 312 g/mol. The molecule has 1 N–H and O–H groups in total. The van der Waals surface area contributed by atoms with Crippen molar-refractivity contribution in [1.82, 2.24) is 10.2 Å². The van der Waals surface area contributed by atoms with Crippen molar-refractivity contribution in [3.63, 3.8) is 0 Å². The number of hydrogen-bond acceptors (Lipinski definition) is 2. The van der Waals surface area contributed by atoms with Gasteiger partial charge in [0.05, 0.1) is 6.04 Å². The lowest BCUT2D eigenvalue weighted by atomic mass is 10.0. The average Bonchev–Trinajstić information content (AvgIpc) is 2.96. The zero-order valence-corrected chi connectivity index (χ0v) is 15.0. The minimum absolute atomic E-state index is 0.0947. The molecule has 2 amide bonds. The molecule has 1 aliphatic heterocycles. The zero-order chi connectivity index (χ0) is 18.0. The summed E-state index contributed by atoms with van der Waals surface area (Å²) in [7, 11) is 0. The van der Waals surface area contributed by atoms with Crippen LogP contribution in [0.4, 0.5) is 0 Å². The lowest BCUT2D eigenvalue weighted by molar-refractivity contribution is -0.131. The summed E-state index contributed by atoms with van der Waals surface area (Å²) < 4.78 is 0. The van der Waals surface area contributed by atoms with Crippen LogP contribution in [-0.2, 0) is 4.79 Å². The number of rotatable bonds is 3. The van der Waals surface area contributed by atoms with Crippen molar-refractivity contribution in [3.8, 4) is 11.1 Å². The van der Waals surface area contributed by atoms with Gasteiger partial charge < -0.3 is 10.2 Å². The number of amides is 2. The first-order valence-corrected chi connectivity index (χ1v) is 8.61. The van der Waals surface area contributed by atoms with Gasteiger partial charge in [-0.3, -0.25) is 9.59 Å². The van der Waals surface area contributed by atoms with Gasteiger partial charge in [-0.2, -0.15) is 0 Å². The fourth-order valence-electron chi connectivity index (χ4n) is 3.17. The van der Waals surface area contributed by atoms with E-state index in [0.717, 1.165) is 11.1 Å². The maximum Gasteiger partial charge on any atom is 0.251 e. The topological polar surface area (TPSA) is 49.4 Å². The van der Waals surface area contributed by atoms with Gasteiger partial charge in [0.1, 0.15) is 0 Å². The minimum atomic E-state index is -0.214. The van der Waals surface area contributed by atoms with E-state index in [2.05, 4.69) is 5.32 Å². The van der Waals surface area contributed by atoms with Gasteiger partial charge in [0.2, 0.25) is 5.91 Å². The number of nitrogens with zero attached hydrogens (tertiary/aromatic N) is 1. The van der Waals surface area contributed by atoms with Gasteiger partial charge in [-0.1, -0.05) is 42.5 Å². The van der Waals surface area contributed by atoms with Crippen LogP contribution in [0.2, 0.25) is 0 Å². The molecule has 0 aromatic heterocycles. The summed E-state index contributed by atoms with van der Waals surface area (Å²) in [4.78, 5) is 26.4. The summed E-state index contributed by atoms with van der Waals surface area (Å²) in [6.45, 7) is 6.60. The number of benzene rings is 2. The number of hydrogen-bond donors (Lipinski definition) is 1. The van der Waals surface area contributed by atoms with Gasteiger partial charge in [0, 0.05) is 24.1 Å². The lowest BCUT2D eigenvalue weighted by Crippen LogP contribution is -2.44. The van der Waals surface area contributed by atoms with E-state index in [1.165, 1.54) is 0 Å². The van der Waals surface area contributed by atoms with Crippen molar-refractivity contribution >= 4 is 11.8 Å². The van der Waals surface area contributed by atoms with Gasteiger partial charge in [0.25, 0.3) is 5.91 Å². The second-order valence-electron chi connectivity index (χ2n) is 7.49. The molecule has 1 unspecified atom stereocenters. The second-order valence-corrected chi connectivity index (χ2v) is 7.49. The van der Waals surface area contributed by atoms with Crippen LogP contribution < -0.4 is 5.32 Å². The summed E-state index contributed by atoms with van der Waals surface area (Å²) in [6, 6.07) is 17.5. The molecule has 130 valence electrons. The first-order valence-electron chi connectivity index (χ1n) is 8.61. The fraction of sp³-hybridized carbons (Fsp3) is 0.333. The Kier molecular flexibility index (Phi) is 4.62. The summed E-state index contributed by atoms with van der Waals surface area (Å²) in [5.74, 6) is -0.0367. The molecule has 0 aliphatic carbocycles. The standard InChI is InChI=1S/C21H24N2O2/c1-21(2,3)23-14-18(13-19(23)24)22-20(25)17-11-9-16(10-12-17)15-7-5-4-6-8-15/h4-12,18H,13-14H2,1-3H3,(H,22,25). The Bertz CT molecular complexity index is 761. The second kappa shape index (κ2) is 6.71. The van der Waals surface area contributed by atoms with Crippen LogP contribution in [0.5, 0.6) is 0 Å². The highest BCUT2D eigenvalue weighted by atomic mass is 16.2. The molecular formula is C21H24N2O2. The van der Waals surface area contributed by atoms with Crippen LogP contribution in [0.25, 0.3) is 11.1 Å². The van der Waals surface area contributed by atoms with E-state index in [0.29, 0.717) is 18.5 Å². The SMILES string of the molecule is CC(C)(C)N1CC(NC(=O)c2ccc(-c3ccccc3)cc2)CC1=O. The maximum atomic E-state index is 12.5. The van der Waals surface area contributed by atoms with Gasteiger partial charge in [-0.15, -0.1) is 0 Å². The first-order chi connectivity index (χ1) is 11.8. The van der Waals surface area contributed by atoms with Gasteiger partial charge in [0.15, 0.2) is 0 Å². The third kappa shape index (κ3) is 3.90. The number of likely N-dealkylation sites (tertiary alicyclic amines) is 1. The Morgan fingerprint density at radius 2 is 1.60 bits per heavy atom. The predicted molar refractivity (Wildman–Crippen MR) is 99.2 cm³/mol. The maximum absolute atomic E-state index is 12.5. The molecule has 1 atom stereocenters. The van der Waals surface area contributed by atoms with Crippen molar-refractivity contribution in [2.45, 2.75) is 38.8 Å². The molecule has 4 heteroatoms. The quantitative estimate of drug-likeness (QED) is 0.933. The smallest absolute Gasteiger partial charge is 0.251 e. The summed E-state index contributed by atoms with van der Waals surface area (Å²) in [5, 5.41) is 2.99. The molecule has 1 fully saturated rings. The van der Waals surface area contributed by atoms with Crippen LogP contribution in [0.1, 0.15) is 37.6 Å². The summed E-state index contributed by atoms with van der Waals surface area (Å²) in [5.41, 5.74) is 2.60. The molecule has 2 aromatic carbocycles. The molecule has 1 saturated heterocycles. The van der Waals surface area contributed by atoms with Crippen LogP contribution in [0.3, 0.4) is 0 Å². The molecule has 3 rings (SSSR count). The molecule has 25 heavy (non-hydrogen) atoms. The zero-order valence-electron chi connectivity index (χ0n) is 15.0. The fourth-order valence-corrected chi connectivity index (χ4v) is 3.17. The Balaban J connectivity index is 1.65. The summed E-state index contributed by atoms with van der Waals surface area (Å²) in [6.07, 6.45) is 0.366. The van der Waals surface area contributed by atoms with E-state index in [1.807, 2.05) is 80.3 Å². The largest absolute Gasteiger partial charge is 0.347 e. The number of carbonyl (C=O) groups is 2. The molecule has 4 nitrogen and oxygen atoms in total. The molecule has 2 aromatic rings. The van der Waals surface area contributed by atoms with Crippen LogP contribution in [0.15, 0.2) is 54.6 Å². The Labute approximate surface area is 148 Å². The highest BCUT2D eigenvalue weighted by Gasteiger charge is 2.36. The monoisotopic (exact) mass is 336 g/mol. The molecule has 0 radical (unpaired) electrons. The van der Waals surface area contributed by atoms with Crippen molar-refractivity contribution in [3.05, 3.63) is 60.2 Å². The van der Waals surface area contributed by atoms with Crippen LogP contribution in [0, 0.1) is 0 Å². The van der Waals surface area contributed by atoms with Crippen molar-refractivity contribution in [2.24, 2.45) is 0 Å². The van der Waals surface area contributed by atoms with E-state index >= 15 is 0 Å². The Hall–Kier alpha value is -2.62. The molecule has 0 bridgehead atoms.